The molecular weight excluding hydrogens is 316 g/mol. The van der Waals surface area contributed by atoms with E-state index in [1.807, 2.05) is 46.1 Å². The van der Waals surface area contributed by atoms with Crippen molar-refractivity contribution in [1.29, 1.82) is 0 Å². The van der Waals surface area contributed by atoms with Gasteiger partial charge in [-0.15, -0.1) is 5.10 Å². The lowest BCUT2D eigenvalue weighted by Crippen LogP contribution is -2.30. The van der Waals surface area contributed by atoms with Gasteiger partial charge in [0.15, 0.2) is 0 Å². The molecule has 1 saturated heterocycles. The van der Waals surface area contributed by atoms with E-state index in [9.17, 15) is 4.79 Å². The number of likely N-dealkylation sites (tertiary alicyclic amines) is 1. The predicted molar refractivity (Wildman–Crippen MR) is 92.8 cm³/mol. The normalized spacial score (nSPS) is 20.2. The number of carbonyl (C=O) groups is 1. The first-order valence-electron chi connectivity index (χ1n) is 9.08. The molecule has 4 rings (SSSR count). The smallest absolute Gasteiger partial charge is 0.227 e. The lowest BCUT2D eigenvalue weighted by atomic mass is 10.1. The van der Waals surface area contributed by atoms with Gasteiger partial charge in [-0.1, -0.05) is 35.5 Å². The van der Waals surface area contributed by atoms with E-state index in [1.54, 1.807) is 0 Å². The van der Waals surface area contributed by atoms with E-state index in [-0.39, 0.29) is 11.9 Å². The van der Waals surface area contributed by atoms with E-state index in [0.29, 0.717) is 19.6 Å². The van der Waals surface area contributed by atoms with Gasteiger partial charge in [0.2, 0.25) is 5.91 Å². The molecule has 0 spiro atoms. The van der Waals surface area contributed by atoms with Crippen molar-refractivity contribution < 1.29 is 9.53 Å². The summed E-state index contributed by atoms with van der Waals surface area (Å²) in [5, 5.41) is 8.44. The Morgan fingerprint density at radius 1 is 1.20 bits per heavy atom. The number of ether oxygens (including phenoxy) is 1. The topological polar surface area (TPSA) is 60.2 Å². The molecule has 0 bridgehead atoms. The fraction of sp³-hybridized carbons (Fsp3) is 0.526. The van der Waals surface area contributed by atoms with Crippen LogP contribution in [0.5, 0.6) is 0 Å². The largest absolute Gasteiger partial charge is 0.375 e. The van der Waals surface area contributed by atoms with Crippen LogP contribution in [0.15, 0.2) is 36.5 Å². The zero-order valence-electron chi connectivity index (χ0n) is 14.4. The molecule has 2 aliphatic rings. The summed E-state index contributed by atoms with van der Waals surface area (Å²) < 4.78 is 7.56. The van der Waals surface area contributed by atoms with Crippen LogP contribution in [0.3, 0.4) is 0 Å². The summed E-state index contributed by atoms with van der Waals surface area (Å²) in [7, 11) is 0. The molecule has 6 heteroatoms. The van der Waals surface area contributed by atoms with Gasteiger partial charge in [-0.2, -0.15) is 0 Å². The molecule has 0 radical (unpaired) electrons. The van der Waals surface area contributed by atoms with E-state index in [4.69, 9.17) is 4.74 Å². The van der Waals surface area contributed by atoms with Crippen LogP contribution in [0, 0.1) is 5.92 Å². The van der Waals surface area contributed by atoms with Crippen molar-refractivity contribution in [3.05, 3.63) is 47.8 Å². The number of amides is 1. The highest BCUT2D eigenvalue weighted by molar-refractivity contribution is 5.79. The van der Waals surface area contributed by atoms with Crippen molar-refractivity contribution in [2.24, 2.45) is 5.92 Å². The number of nitrogens with zero attached hydrogens (tertiary/aromatic N) is 4. The molecule has 1 unspecified atom stereocenters. The molecule has 2 heterocycles. The van der Waals surface area contributed by atoms with Gasteiger partial charge in [-0.05, 0) is 30.7 Å². The predicted octanol–water partition coefficient (Wildman–Crippen LogP) is 2.22. The van der Waals surface area contributed by atoms with Crippen LogP contribution in [-0.4, -0.2) is 45.5 Å². The molecule has 1 amide bonds. The van der Waals surface area contributed by atoms with Gasteiger partial charge in [-0.25, -0.2) is 4.68 Å². The number of hydrogen-bond donors (Lipinski definition) is 0. The van der Waals surface area contributed by atoms with Gasteiger partial charge >= 0.3 is 0 Å². The van der Waals surface area contributed by atoms with Crippen molar-refractivity contribution in [3.63, 3.8) is 0 Å². The molecule has 0 N–H and O–H groups in total. The first kappa shape index (κ1) is 16.3. The Morgan fingerprint density at radius 2 is 2.04 bits per heavy atom. The second-order valence-corrected chi connectivity index (χ2v) is 7.09. The highest BCUT2D eigenvalue weighted by Crippen LogP contribution is 2.29. The van der Waals surface area contributed by atoms with E-state index in [0.717, 1.165) is 36.7 Å². The van der Waals surface area contributed by atoms with Crippen LogP contribution < -0.4 is 0 Å². The molecule has 1 aromatic carbocycles. The Balaban J connectivity index is 1.28. The van der Waals surface area contributed by atoms with E-state index in [2.05, 4.69) is 10.3 Å². The number of carbonyl (C=O) groups excluding carboxylic acids is 1. The first-order chi connectivity index (χ1) is 12.3. The summed E-state index contributed by atoms with van der Waals surface area (Å²) in [4.78, 5) is 14.4. The Bertz CT molecular complexity index is 711. The van der Waals surface area contributed by atoms with E-state index in [1.165, 1.54) is 12.8 Å². The first-order valence-corrected chi connectivity index (χ1v) is 9.08. The van der Waals surface area contributed by atoms with Gasteiger partial charge in [0.1, 0.15) is 5.69 Å². The minimum Gasteiger partial charge on any atom is -0.375 e. The SMILES string of the molecule is O=C(Cc1ccccc1)N1CCC(n2cc(COCC3CC3)nn2)C1. The maximum atomic E-state index is 12.5. The van der Waals surface area contributed by atoms with Crippen LogP contribution in [0.2, 0.25) is 0 Å². The lowest BCUT2D eigenvalue weighted by Gasteiger charge is -2.16. The van der Waals surface area contributed by atoms with Gasteiger partial charge < -0.3 is 9.64 Å². The Hall–Kier alpha value is -2.21. The van der Waals surface area contributed by atoms with E-state index < -0.39 is 0 Å². The number of aromatic nitrogens is 3. The molecule has 1 saturated carbocycles. The van der Waals surface area contributed by atoms with Gasteiger partial charge in [0.25, 0.3) is 0 Å². The van der Waals surface area contributed by atoms with Crippen molar-refractivity contribution in [2.75, 3.05) is 19.7 Å². The third-order valence-corrected chi connectivity index (χ3v) is 4.95. The molecular formula is C19H24N4O2. The summed E-state index contributed by atoms with van der Waals surface area (Å²) in [6.45, 7) is 2.85. The fourth-order valence-corrected chi connectivity index (χ4v) is 3.24. The molecule has 2 fully saturated rings. The second-order valence-electron chi connectivity index (χ2n) is 7.09. The number of rotatable bonds is 7. The highest BCUT2D eigenvalue weighted by Gasteiger charge is 2.28. The monoisotopic (exact) mass is 340 g/mol. The molecule has 6 nitrogen and oxygen atoms in total. The Labute approximate surface area is 147 Å². The molecule has 2 aromatic rings. The van der Waals surface area contributed by atoms with Crippen LogP contribution in [0.1, 0.15) is 36.6 Å². The number of benzene rings is 1. The maximum Gasteiger partial charge on any atom is 0.227 e. The average Bonchev–Trinajstić information content (AvgIpc) is 3.11. The Kier molecular flexibility index (Phi) is 4.78. The van der Waals surface area contributed by atoms with Crippen molar-refractivity contribution >= 4 is 5.91 Å². The Morgan fingerprint density at radius 3 is 2.84 bits per heavy atom. The third kappa shape index (κ3) is 4.25. The van der Waals surface area contributed by atoms with Gasteiger partial charge in [0, 0.05) is 19.7 Å². The van der Waals surface area contributed by atoms with Crippen LogP contribution in [0.25, 0.3) is 0 Å². The standard InChI is InChI=1S/C19H24N4O2/c24-19(10-15-4-2-1-3-5-15)22-9-8-18(12-22)23-11-17(20-21-23)14-25-13-16-6-7-16/h1-5,11,16,18H,6-10,12-14H2. The minimum absolute atomic E-state index is 0.182. The quantitative estimate of drug-likeness (QED) is 0.775. The second kappa shape index (κ2) is 7.35. The van der Waals surface area contributed by atoms with Crippen molar-refractivity contribution in [3.8, 4) is 0 Å². The fourth-order valence-electron chi connectivity index (χ4n) is 3.24. The van der Waals surface area contributed by atoms with E-state index >= 15 is 0 Å². The summed E-state index contributed by atoms with van der Waals surface area (Å²) >= 11 is 0. The van der Waals surface area contributed by atoms with Gasteiger partial charge in [-0.3, -0.25) is 4.79 Å². The number of hydrogen-bond acceptors (Lipinski definition) is 4. The summed E-state index contributed by atoms with van der Waals surface area (Å²) in [6, 6.07) is 10.1. The van der Waals surface area contributed by atoms with Crippen LogP contribution in [-0.2, 0) is 22.6 Å². The highest BCUT2D eigenvalue weighted by atomic mass is 16.5. The summed E-state index contributed by atoms with van der Waals surface area (Å²) in [6.07, 6.45) is 5.93. The molecule has 1 aliphatic carbocycles. The minimum atomic E-state index is 0.182. The van der Waals surface area contributed by atoms with Crippen molar-refractivity contribution in [1.82, 2.24) is 19.9 Å². The van der Waals surface area contributed by atoms with Crippen molar-refractivity contribution in [2.45, 2.75) is 38.3 Å². The van der Waals surface area contributed by atoms with Crippen LogP contribution in [0.4, 0.5) is 0 Å². The zero-order valence-corrected chi connectivity index (χ0v) is 14.4. The van der Waals surface area contributed by atoms with Crippen LogP contribution >= 0.6 is 0 Å². The third-order valence-electron chi connectivity index (χ3n) is 4.95. The van der Waals surface area contributed by atoms with Gasteiger partial charge in [0.05, 0.1) is 25.3 Å². The average molecular weight is 340 g/mol. The maximum absolute atomic E-state index is 12.5. The zero-order chi connectivity index (χ0) is 17.1. The molecule has 1 aliphatic heterocycles. The molecule has 1 aromatic heterocycles. The molecule has 1 atom stereocenters. The summed E-state index contributed by atoms with van der Waals surface area (Å²) in [5.74, 6) is 0.941. The molecule has 132 valence electrons. The lowest BCUT2D eigenvalue weighted by molar-refractivity contribution is -0.129. The summed E-state index contributed by atoms with van der Waals surface area (Å²) in [5.41, 5.74) is 1.93. The molecule has 25 heavy (non-hydrogen) atoms.